The van der Waals surface area contributed by atoms with Gasteiger partial charge in [0, 0.05) is 12.6 Å². The summed E-state index contributed by atoms with van der Waals surface area (Å²) in [6.45, 7) is 3.79. The number of nitrogens with one attached hydrogen (secondary N) is 1. The first-order valence-corrected chi connectivity index (χ1v) is 13.6. The smallest absolute Gasteiger partial charge is 0.0935 e. The van der Waals surface area contributed by atoms with Crippen molar-refractivity contribution in [3.8, 4) is 0 Å². The van der Waals surface area contributed by atoms with Gasteiger partial charge in [-0.05, 0) is 36.8 Å². The van der Waals surface area contributed by atoms with E-state index in [4.69, 9.17) is 15.7 Å². The Balaban J connectivity index is 2.00. The molecule has 1 aromatic rings. The van der Waals surface area contributed by atoms with Crippen molar-refractivity contribution >= 4 is 0 Å². The summed E-state index contributed by atoms with van der Waals surface area (Å²) < 4.78 is 0. The summed E-state index contributed by atoms with van der Waals surface area (Å²) >= 11 is 0. The predicted molar refractivity (Wildman–Crippen MR) is 138 cm³/mol. The molecule has 0 heterocycles. The second-order valence-electron chi connectivity index (χ2n) is 9.38. The summed E-state index contributed by atoms with van der Waals surface area (Å²) in [5.74, 6) is 0. The van der Waals surface area contributed by atoms with E-state index in [1.54, 1.807) is 0 Å². The topological polar surface area (TPSA) is 67.5 Å². The van der Waals surface area contributed by atoms with Crippen LogP contribution in [0.1, 0.15) is 121 Å². The Morgan fingerprint density at radius 1 is 0.781 bits per heavy atom. The Morgan fingerprint density at radius 3 is 1.94 bits per heavy atom. The summed E-state index contributed by atoms with van der Waals surface area (Å²) in [5.41, 5.74) is 11.5. The third kappa shape index (κ3) is 16.7. The minimum atomic E-state index is -0.0899. The molecular weight excluding hydrogens is 396 g/mol. The molecule has 0 bridgehead atoms. The van der Waals surface area contributed by atoms with E-state index in [1.165, 1.54) is 94.6 Å². The van der Waals surface area contributed by atoms with Crippen LogP contribution in [0, 0.1) is 0 Å². The number of unbranched alkanes of at least 4 members (excludes halogenated alkanes) is 13. The van der Waals surface area contributed by atoms with Crippen molar-refractivity contribution in [2.45, 2.75) is 129 Å². The number of hydroxylamine groups is 1. The quantitative estimate of drug-likeness (QED) is 0.127. The van der Waals surface area contributed by atoms with E-state index in [0.717, 1.165) is 32.2 Å². The lowest BCUT2D eigenvalue weighted by molar-refractivity contribution is 0.0267. The Morgan fingerprint density at radius 2 is 1.34 bits per heavy atom. The molecule has 0 aliphatic carbocycles. The van der Waals surface area contributed by atoms with Crippen molar-refractivity contribution in [1.82, 2.24) is 5.48 Å². The zero-order valence-corrected chi connectivity index (χ0v) is 21.0. The molecule has 1 rings (SSSR count). The van der Waals surface area contributed by atoms with Gasteiger partial charge in [-0.15, -0.1) is 0 Å². The Hall–Kier alpha value is -0.940. The third-order valence-corrected chi connectivity index (χ3v) is 6.34. The first-order chi connectivity index (χ1) is 15.8. The molecule has 1 unspecified atom stereocenters. The average molecular weight is 449 g/mol. The van der Waals surface area contributed by atoms with Crippen LogP contribution < -0.4 is 11.2 Å². The largest absolute Gasteiger partial charge is 0.395 e. The first kappa shape index (κ1) is 29.1. The van der Waals surface area contributed by atoms with Crippen LogP contribution in [0.15, 0.2) is 24.3 Å². The van der Waals surface area contributed by atoms with Crippen molar-refractivity contribution in [1.29, 1.82) is 0 Å². The molecule has 1 aromatic carbocycles. The highest BCUT2D eigenvalue weighted by Gasteiger charge is 2.03. The first-order valence-electron chi connectivity index (χ1n) is 13.6. The highest BCUT2D eigenvalue weighted by atomic mass is 16.6. The van der Waals surface area contributed by atoms with Gasteiger partial charge in [-0.3, -0.25) is 4.84 Å². The van der Waals surface area contributed by atoms with Gasteiger partial charge in [0.25, 0.3) is 0 Å². The molecule has 0 saturated heterocycles. The fourth-order valence-electron chi connectivity index (χ4n) is 4.17. The van der Waals surface area contributed by atoms with E-state index >= 15 is 0 Å². The molecule has 0 radical (unpaired) electrons. The van der Waals surface area contributed by atoms with Gasteiger partial charge in [0.1, 0.15) is 0 Å². The lowest BCUT2D eigenvalue weighted by Gasteiger charge is -2.11. The maximum Gasteiger partial charge on any atom is 0.0935 e. The molecule has 0 saturated carbocycles. The number of aryl methyl sites for hydroxylation is 1. The van der Waals surface area contributed by atoms with E-state index < -0.39 is 0 Å². The minimum Gasteiger partial charge on any atom is -0.395 e. The average Bonchev–Trinajstić information content (AvgIpc) is 2.82. The zero-order valence-electron chi connectivity index (χ0n) is 21.0. The summed E-state index contributed by atoms with van der Waals surface area (Å²) in [7, 11) is 0. The fourth-order valence-corrected chi connectivity index (χ4v) is 4.17. The number of rotatable bonds is 23. The summed E-state index contributed by atoms with van der Waals surface area (Å²) in [5, 5.41) is 8.93. The lowest BCUT2D eigenvalue weighted by atomic mass is 10.0. The lowest BCUT2D eigenvalue weighted by Crippen LogP contribution is -2.24. The molecule has 0 amide bonds. The number of nitrogens with two attached hydrogens (primary N) is 1. The molecule has 0 spiro atoms. The van der Waals surface area contributed by atoms with E-state index in [0.29, 0.717) is 6.61 Å². The van der Waals surface area contributed by atoms with Crippen LogP contribution in [0.5, 0.6) is 0 Å². The molecule has 0 aliphatic heterocycles. The molecule has 4 nitrogen and oxygen atoms in total. The molecule has 1 atom stereocenters. The van der Waals surface area contributed by atoms with Crippen molar-refractivity contribution in [2.75, 3.05) is 13.2 Å². The van der Waals surface area contributed by atoms with E-state index in [9.17, 15) is 0 Å². The second-order valence-corrected chi connectivity index (χ2v) is 9.38. The summed E-state index contributed by atoms with van der Waals surface area (Å²) in [6, 6.07) is 8.57. The number of aliphatic hydroxyl groups excluding tert-OH is 1. The van der Waals surface area contributed by atoms with E-state index in [1.807, 2.05) is 0 Å². The molecule has 0 fully saturated rings. The minimum absolute atomic E-state index is 0.0694. The highest BCUT2D eigenvalue weighted by molar-refractivity contribution is 5.26. The summed E-state index contributed by atoms with van der Waals surface area (Å²) in [4.78, 5) is 5.68. The Labute approximate surface area is 198 Å². The maximum absolute atomic E-state index is 8.93. The van der Waals surface area contributed by atoms with Gasteiger partial charge < -0.3 is 10.8 Å². The molecular formula is C28H52N2O2. The van der Waals surface area contributed by atoms with Crippen LogP contribution in [0.3, 0.4) is 0 Å². The van der Waals surface area contributed by atoms with Gasteiger partial charge in [0.15, 0.2) is 0 Å². The third-order valence-electron chi connectivity index (χ3n) is 6.34. The van der Waals surface area contributed by atoms with Crippen LogP contribution in [0.2, 0.25) is 0 Å². The van der Waals surface area contributed by atoms with E-state index in [2.05, 4.69) is 36.7 Å². The van der Waals surface area contributed by atoms with Gasteiger partial charge >= 0.3 is 0 Å². The van der Waals surface area contributed by atoms with Gasteiger partial charge in [0.05, 0.1) is 13.2 Å². The molecule has 4 N–H and O–H groups in total. The monoisotopic (exact) mass is 448 g/mol. The summed E-state index contributed by atoms with van der Waals surface area (Å²) in [6.07, 6.45) is 22.2. The highest BCUT2D eigenvalue weighted by Crippen LogP contribution is 2.16. The number of hydrogen-bond donors (Lipinski definition) is 3. The van der Waals surface area contributed by atoms with Crippen molar-refractivity contribution in [2.24, 2.45) is 5.73 Å². The van der Waals surface area contributed by atoms with Crippen LogP contribution in [-0.2, 0) is 17.9 Å². The van der Waals surface area contributed by atoms with Crippen molar-refractivity contribution < 1.29 is 9.94 Å². The van der Waals surface area contributed by atoms with Gasteiger partial charge in [-0.2, -0.15) is 0 Å². The zero-order chi connectivity index (χ0) is 23.1. The number of aliphatic hydroxyl groups is 1. The predicted octanol–water partition coefficient (Wildman–Crippen LogP) is 6.83. The van der Waals surface area contributed by atoms with Crippen LogP contribution in [-0.4, -0.2) is 24.3 Å². The maximum atomic E-state index is 8.93. The van der Waals surface area contributed by atoms with Gasteiger partial charge in [-0.1, -0.05) is 115 Å². The van der Waals surface area contributed by atoms with Crippen molar-refractivity contribution in [3.63, 3.8) is 0 Å². The number of hydrogen-bond acceptors (Lipinski definition) is 4. The van der Waals surface area contributed by atoms with Gasteiger partial charge in [0.2, 0.25) is 0 Å². The molecule has 4 heteroatoms. The van der Waals surface area contributed by atoms with Crippen LogP contribution >= 0.6 is 0 Å². The molecule has 0 aromatic heterocycles. The molecule has 0 aliphatic rings. The Bertz CT molecular complexity index is 524. The van der Waals surface area contributed by atoms with Gasteiger partial charge in [-0.25, -0.2) is 5.48 Å². The van der Waals surface area contributed by atoms with Crippen molar-refractivity contribution in [3.05, 3.63) is 35.4 Å². The standard InChI is InChI=1S/C28H52N2O2/c1-2-3-4-5-6-7-8-9-10-11-12-13-14-19-26-20-15-16-21-27(26)25-32-30-23-18-17-22-28(29)24-31/h15-16,20-21,28,30-31H,2-14,17-19,22-25,29H2,1H3. The fraction of sp³-hybridized carbons (Fsp3) is 0.786. The normalized spacial score (nSPS) is 12.3. The van der Waals surface area contributed by atoms with Crippen LogP contribution in [0.4, 0.5) is 0 Å². The van der Waals surface area contributed by atoms with Crippen LogP contribution in [0.25, 0.3) is 0 Å². The van der Waals surface area contributed by atoms with E-state index in [-0.39, 0.29) is 12.6 Å². The Kier molecular flexibility index (Phi) is 19.9. The SMILES string of the molecule is CCCCCCCCCCCCCCCc1ccccc1CONCCCCC(N)CO. The number of benzene rings is 1. The molecule has 32 heavy (non-hydrogen) atoms. The molecule has 186 valence electrons. The second kappa shape index (κ2) is 21.9.